The number of carbonyl (C=O) groups excluding carboxylic acids is 1. The molecule has 2 amide bonds. The van der Waals surface area contributed by atoms with Gasteiger partial charge in [-0.25, -0.2) is 4.79 Å². The molecule has 1 aromatic carbocycles. The Morgan fingerprint density at radius 3 is 2.64 bits per heavy atom. The Balaban J connectivity index is 3.07. The summed E-state index contributed by atoms with van der Waals surface area (Å²) >= 11 is 0. The van der Waals surface area contributed by atoms with Crippen molar-refractivity contribution in [3.63, 3.8) is 0 Å². The third-order valence-corrected chi connectivity index (χ3v) is 3.31. The van der Waals surface area contributed by atoms with E-state index in [1.165, 1.54) is 6.20 Å². The molecule has 1 unspecified atom stereocenters. The molecule has 118 valence electrons. The molecule has 0 bridgehead atoms. The molecule has 1 atom stereocenters. The Morgan fingerprint density at radius 2 is 2.09 bits per heavy atom. The molecule has 0 saturated heterocycles. The van der Waals surface area contributed by atoms with Crippen molar-refractivity contribution in [1.82, 2.24) is 5.32 Å². The molecular weight excluding hydrogens is 278 g/mol. The van der Waals surface area contributed by atoms with Crippen LogP contribution < -0.4 is 16.8 Å². The normalized spacial score (nSPS) is 14.6. The fourth-order valence-electron chi connectivity index (χ4n) is 2.15. The summed E-state index contributed by atoms with van der Waals surface area (Å²) in [4.78, 5) is 10.9. The number of rotatable bonds is 6. The topological polar surface area (TPSA) is 101 Å². The van der Waals surface area contributed by atoms with Crippen LogP contribution in [0.4, 0.5) is 4.79 Å². The first-order chi connectivity index (χ1) is 10.3. The number of primary amides is 1. The molecule has 0 fully saturated rings. The number of urea groups is 1. The van der Waals surface area contributed by atoms with Crippen molar-refractivity contribution in [2.75, 3.05) is 0 Å². The largest absolute Gasteiger partial charge is 0.405 e. The van der Waals surface area contributed by atoms with Crippen molar-refractivity contribution in [2.45, 2.75) is 25.9 Å². The van der Waals surface area contributed by atoms with E-state index in [0.717, 1.165) is 11.1 Å². The van der Waals surface area contributed by atoms with E-state index < -0.39 is 11.6 Å². The van der Waals surface area contributed by atoms with Crippen LogP contribution in [0, 0.1) is 6.92 Å². The number of nitrogens with one attached hydrogen (secondary N) is 1. The van der Waals surface area contributed by atoms with Crippen molar-refractivity contribution in [1.29, 1.82) is 0 Å². The third kappa shape index (κ3) is 5.10. The summed E-state index contributed by atoms with van der Waals surface area (Å²) in [7, 11) is 0. The lowest BCUT2D eigenvalue weighted by molar-refractivity contribution is 0.103. The van der Waals surface area contributed by atoms with Gasteiger partial charge in [0.1, 0.15) is 0 Å². The monoisotopic (exact) mass is 301 g/mol. The minimum Gasteiger partial charge on any atom is -0.405 e. The first-order valence-corrected chi connectivity index (χ1v) is 6.89. The van der Waals surface area contributed by atoms with Gasteiger partial charge in [-0.15, -0.1) is 0 Å². The van der Waals surface area contributed by atoms with Crippen molar-refractivity contribution in [3.05, 3.63) is 71.6 Å². The molecule has 5 heteroatoms. The fraction of sp³-hybridized carbons (Fsp3) is 0.235. The highest BCUT2D eigenvalue weighted by atomic mass is 16.3. The van der Waals surface area contributed by atoms with Gasteiger partial charge < -0.3 is 21.9 Å². The van der Waals surface area contributed by atoms with E-state index in [9.17, 15) is 9.90 Å². The van der Waals surface area contributed by atoms with Crippen LogP contribution in [0.25, 0.3) is 0 Å². The molecule has 0 aliphatic carbocycles. The second kappa shape index (κ2) is 7.47. The number of allylic oxidation sites excluding steroid dienone is 1. The zero-order chi connectivity index (χ0) is 16.8. The molecule has 0 aromatic heterocycles. The predicted octanol–water partition coefficient (Wildman–Crippen LogP) is 1.87. The van der Waals surface area contributed by atoms with Gasteiger partial charge in [-0.1, -0.05) is 30.8 Å². The molecular formula is C17H23N3O2. The molecule has 1 rings (SSSR count). The summed E-state index contributed by atoms with van der Waals surface area (Å²) in [6, 6.07) is 7.11. The van der Waals surface area contributed by atoms with Gasteiger partial charge in [0.2, 0.25) is 0 Å². The number of benzene rings is 1. The quantitative estimate of drug-likeness (QED) is 0.603. The third-order valence-electron chi connectivity index (χ3n) is 3.31. The first-order valence-electron chi connectivity index (χ1n) is 6.89. The maximum Gasteiger partial charge on any atom is 0.316 e. The predicted molar refractivity (Wildman–Crippen MR) is 88.8 cm³/mol. The number of hydrogen-bond donors (Lipinski definition) is 4. The SMILES string of the molecule is C=C(/C=C(\C=C/N)C(C)(O)Cc1ccccc1C)NC(N)=O. The molecule has 0 spiro atoms. The lowest BCUT2D eigenvalue weighted by Gasteiger charge is -2.26. The number of aryl methyl sites for hydroxylation is 1. The molecule has 0 saturated carbocycles. The molecule has 5 nitrogen and oxygen atoms in total. The first kappa shape index (κ1) is 17.5. The van der Waals surface area contributed by atoms with Crippen molar-refractivity contribution in [2.24, 2.45) is 11.5 Å². The van der Waals surface area contributed by atoms with Gasteiger partial charge >= 0.3 is 6.03 Å². The summed E-state index contributed by atoms with van der Waals surface area (Å²) in [6.07, 6.45) is 4.86. The highest BCUT2D eigenvalue weighted by Crippen LogP contribution is 2.25. The summed E-state index contributed by atoms with van der Waals surface area (Å²) in [5.41, 5.74) is 12.2. The van der Waals surface area contributed by atoms with Gasteiger partial charge in [0.05, 0.1) is 5.60 Å². The zero-order valence-corrected chi connectivity index (χ0v) is 13.0. The maximum absolute atomic E-state index is 10.9. The van der Waals surface area contributed by atoms with Gasteiger partial charge in [-0.2, -0.15) is 0 Å². The molecule has 0 radical (unpaired) electrons. The van der Waals surface area contributed by atoms with Gasteiger partial charge in [0.25, 0.3) is 0 Å². The highest BCUT2D eigenvalue weighted by molar-refractivity contribution is 5.74. The van der Waals surface area contributed by atoms with E-state index in [-0.39, 0.29) is 5.70 Å². The molecule has 0 aliphatic heterocycles. The van der Waals surface area contributed by atoms with Crippen LogP contribution in [0.15, 0.2) is 60.5 Å². The minimum absolute atomic E-state index is 0.283. The molecule has 0 aliphatic rings. The van der Waals surface area contributed by atoms with Crippen LogP contribution in [-0.4, -0.2) is 16.7 Å². The second-order valence-corrected chi connectivity index (χ2v) is 5.35. The number of carbonyl (C=O) groups is 1. The summed E-state index contributed by atoms with van der Waals surface area (Å²) in [5.74, 6) is 0. The van der Waals surface area contributed by atoms with Crippen LogP contribution >= 0.6 is 0 Å². The van der Waals surface area contributed by atoms with E-state index in [0.29, 0.717) is 12.0 Å². The van der Waals surface area contributed by atoms with Crippen LogP contribution in [-0.2, 0) is 6.42 Å². The Kier molecular flexibility index (Phi) is 5.95. The molecule has 0 heterocycles. The smallest absolute Gasteiger partial charge is 0.316 e. The lowest BCUT2D eigenvalue weighted by Crippen LogP contribution is -2.32. The van der Waals surface area contributed by atoms with Gasteiger partial charge in [-0.05, 0) is 48.9 Å². The van der Waals surface area contributed by atoms with E-state index >= 15 is 0 Å². The van der Waals surface area contributed by atoms with Gasteiger partial charge in [-0.3, -0.25) is 0 Å². The molecule has 22 heavy (non-hydrogen) atoms. The maximum atomic E-state index is 10.9. The number of nitrogens with two attached hydrogens (primary N) is 2. The highest BCUT2D eigenvalue weighted by Gasteiger charge is 2.25. The Morgan fingerprint density at radius 1 is 1.45 bits per heavy atom. The van der Waals surface area contributed by atoms with Crippen molar-refractivity contribution < 1.29 is 9.90 Å². The molecule has 1 aromatic rings. The Hall–Kier alpha value is -2.53. The van der Waals surface area contributed by atoms with E-state index in [4.69, 9.17) is 11.5 Å². The average molecular weight is 301 g/mol. The van der Waals surface area contributed by atoms with Crippen LogP contribution in [0.2, 0.25) is 0 Å². The van der Waals surface area contributed by atoms with Crippen LogP contribution in [0.1, 0.15) is 18.1 Å². The van der Waals surface area contributed by atoms with Gasteiger partial charge in [0.15, 0.2) is 0 Å². The van der Waals surface area contributed by atoms with E-state index in [1.807, 2.05) is 31.2 Å². The number of amides is 2. The summed E-state index contributed by atoms with van der Waals surface area (Å²) in [6.45, 7) is 7.35. The van der Waals surface area contributed by atoms with E-state index in [2.05, 4.69) is 11.9 Å². The standard InChI is InChI=1S/C17H23N3O2/c1-12-6-4-5-7-14(12)11-17(3,22)15(8-9-18)10-13(2)20-16(19)21/h4-10,22H,2,11,18H2,1,3H3,(H3,19,20,21)/b9-8-,15-10+. The average Bonchev–Trinajstić information content (AvgIpc) is 2.40. The van der Waals surface area contributed by atoms with Crippen molar-refractivity contribution in [3.8, 4) is 0 Å². The summed E-state index contributed by atoms with van der Waals surface area (Å²) < 4.78 is 0. The van der Waals surface area contributed by atoms with Crippen LogP contribution in [0.5, 0.6) is 0 Å². The summed E-state index contributed by atoms with van der Waals surface area (Å²) in [5, 5.41) is 13.2. The van der Waals surface area contributed by atoms with E-state index in [1.54, 1.807) is 19.1 Å². The minimum atomic E-state index is -1.18. The number of hydrogen-bond acceptors (Lipinski definition) is 3. The Labute approximate surface area is 131 Å². The number of aliphatic hydroxyl groups is 1. The fourth-order valence-corrected chi connectivity index (χ4v) is 2.15. The Bertz CT molecular complexity index is 616. The van der Waals surface area contributed by atoms with Crippen molar-refractivity contribution >= 4 is 6.03 Å². The van der Waals surface area contributed by atoms with Crippen LogP contribution in [0.3, 0.4) is 0 Å². The molecule has 6 N–H and O–H groups in total. The lowest BCUT2D eigenvalue weighted by atomic mass is 9.86. The van der Waals surface area contributed by atoms with Gasteiger partial charge in [0, 0.05) is 12.1 Å². The second-order valence-electron chi connectivity index (χ2n) is 5.35. The zero-order valence-electron chi connectivity index (χ0n) is 13.0.